The number of amidine groups is 1. The highest BCUT2D eigenvalue weighted by molar-refractivity contribution is 8.19. The Hall–Kier alpha value is -3.04. The molecule has 0 radical (unpaired) electrons. The van der Waals surface area contributed by atoms with Crippen LogP contribution in [-0.2, 0) is 14.8 Å². The highest BCUT2D eigenvalue weighted by Crippen LogP contribution is 2.35. The molecule has 7 nitrogen and oxygen atoms in total. The second-order valence-electron chi connectivity index (χ2n) is 6.59. The molecule has 1 saturated heterocycles. The summed E-state index contributed by atoms with van der Waals surface area (Å²) in [6, 6.07) is 11.6. The van der Waals surface area contributed by atoms with E-state index in [2.05, 4.69) is 11.0 Å². The van der Waals surface area contributed by atoms with Crippen LogP contribution in [0.2, 0.25) is 0 Å². The number of benzene rings is 2. The molecule has 162 valence electrons. The lowest BCUT2D eigenvalue weighted by molar-refractivity contribution is -0.121. The number of carbonyl (C=O) groups excluding carboxylic acids is 1. The van der Waals surface area contributed by atoms with Crippen LogP contribution in [0.4, 0.5) is 0 Å². The average molecular weight is 459 g/mol. The molecular weight excluding hydrogens is 436 g/mol. The third-order valence-electron chi connectivity index (χ3n) is 4.42. The van der Waals surface area contributed by atoms with Crippen LogP contribution < -0.4 is 9.47 Å². The van der Waals surface area contributed by atoms with Crippen molar-refractivity contribution in [1.29, 1.82) is 0 Å². The van der Waals surface area contributed by atoms with Crippen LogP contribution in [0, 0.1) is 6.92 Å². The number of aryl methyl sites for hydroxylation is 1. The molecule has 0 saturated carbocycles. The van der Waals surface area contributed by atoms with Crippen molar-refractivity contribution in [2.24, 2.45) is 4.40 Å². The molecule has 1 heterocycles. The molecule has 0 aliphatic carbocycles. The minimum atomic E-state index is -3.98. The summed E-state index contributed by atoms with van der Waals surface area (Å²) in [5, 5.41) is 0.0807. The monoisotopic (exact) mass is 458 g/mol. The normalized spacial score (nSPS) is 16.7. The van der Waals surface area contributed by atoms with Crippen molar-refractivity contribution in [1.82, 2.24) is 4.90 Å². The van der Waals surface area contributed by atoms with Gasteiger partial charge in [0.1, 0.15) is 0 Å². The maximum absolute atomic E-state index is 12.9. The van der Waals surface area contributed by atoms with E-state index >= 15 is 0 Å². The van der Waals surface area contributed by atoms with Gasteiger partial charge < -0.3 is 9.47 Å². The molecule has 1 aliphatic rings. The van der Waals surface area contributed by atoms with Crippen LogP contribution in [-0.4, -0.2) is 45.2 Å². The van der Waals surface area contributed by atoms with Crippen LogP contribution in [0.15, 0.2) is 69.3 Å². The minimum absolute atomic E-state index is 0.0644. The van der Waals surface area contributed by atoms with Gasteiger partial charge in [-0.25, -0.2) is 0 Å². The fourth-order valence-corrected chi connectivity index (χ4v) is 5.02. The molecule has 31 heavy (non-hydrogen) atoms. The molecule has 1 aliphatic heterocycles. The molecule has 2 aromatic carbocycles. The third-order valence-corrected chi connectivity index (χ3v) is 6.83. The number of carbonyl (C=O) groups is 1. The van der Waals surface area contributed by atoms with E-state index in [0.29, 0.717) is 22.0 Å². The van der Waals surface area contributed by atoms with Gasteiger partial charge in [-0.05, 0) is 54.6 Å². The largest absolute Gasteiger partial charge is 0.493 e. The standard InChI is InChI=1S/C22H22N2O5S2/c1-5-12-24-21(25)20(14-16-8-11-18(28-3)19(13-16)29-4)30-22(24)23-31(26,27)17-9-6-15(2)7-10-17/h5-11,13-14H,1,12H2,2-4H3/b20-14-,23-22+. The van der Waals surface area contributed by atoms with Crippen LogP contribution in [0.3, 0.4) is 0 Å². The molecule has 0 spiro atoms. The summed E-state index contributed by atoms with van der Waals surface area (Å²) in [4.78, 5) is 14.6. The number of rotatable bonds is 7. The van der Waals surface area contributed by atoms with Gasteiger partial charge in [-0.15, -0.1) is 11.0 Å². The van der Waals surface area contributed by atoms with Crippen molar-refractivity contribution in [3.63, 3.8) is 0 Å². The van der Waals surface area contributed by atoms with Crippen molar-refractivity contribution in [3.05, 3.63) is 71.2 Å². The first kappa shape index (κ1) is 22.6. The summed E-state index contributed by atoms with van der Waals surface area (Å²) in [5.41, 5.74) is 1.64. The fraction of sp³-hybridized carbons (Fsp3) is 0.182. The van der Waals surface area contributed by atoms with Crippen molar-refractivity contribution >= 4 is 38.9 Å². The van der Waals surface area contributed by atoms with Gasteiger partial charge in [0.15, 0.2) is 16.7 Å². The lowest BCUT2D eigenvalue weighted by atomic mass is 10.2. The number of hydrogen-bond donors (Lipinski definition) is 0. The Morgan fingerprint density at radius 3 is 2.39 bits per heavy atom. The zero-order valence-corrected chi connectivity index (χ0v) is 19.0. The quantitative estimate of drug-likeness (QED) is 0.463. The third kappa shape index (κ3) is 5.00. The fourth-order valence-electron chi connectivity index (χ4n) is 2.83. The van der Waals surface area contributed by atoms with Gasteiger partial charge in [0.2, 0.25) is 0 Å². The van der Waals surface area contributed by atoms with Gasteiger partial charge in [0, 0.05) is 6.54 Å². The van der Waals surface area contributed by atoms with Gasteiger partial charge >= 0.3 is 0 Å². The molecule has 0 N–H and O–H groups in total. The second kappa shape index (κ2) is 9.40. The number of thioether (sulfide) groups is 1. The number of methoxy groups -OCH3 is 2. The molecule has 1 fully saturated rings. The van der Waals surface area contributed by atoms with E-state index < -0.39 is 10.0 Å². The number of hydrogen-bond acceptors (Lipinski definition) is 6. The Labute approximate surface area is 186 Å². The first-order chi connectivity index (χ1) is 14.8. The van der Waals surface area contributed by atoms with Crippen LogP contribution in [0.5, 0.6) is 11.5 Å². The van der Waals surface area contributed by atoms with E-state index in [1.807, 2.05) is 6.92 Å². The van der Waals surface area contributed by atoms with E-state index in [0.717, 1.165) is 17.3 Å². The van der Waals surface area contributed by atoms with Crippen molar-refractivity contribution in [2.45, 2.75) is 11.8 Å². The van der Waals surface area contributed by atoms with E-state index in [9.17, 15) is 13.2 Å². The summed E-state index contributed by atoms with van der Waals surface area (Å²) in [7, 11) is -0.913. The summed E-state index contributed by atoms with van der Waals surface area (Å²) in [6.45, 7) is 5.65. The Balaban J connectivity index is 1.99. The van der Waals surface area contributed by atoms with E-state index in [-0.39, 0.29) is 22.5 Å². The molecular formula is C22H22N2O5S2. The van der Waals surface area contributed by atoms with Gasteiger partial charge in [0.05, 0.1) is 24.0 Å². The maximum atomic E-state index is 12.9. The zero-order chi connectivity index (χ0) is 22.6. The topological polar surface area (TPSA) is 85.3 Å². The van der Waals surface area contributed by atoms with E-state index in [1.54, 1.807) is 36.4 Å². The van der Waals surface area contributed by atoms with Gasteiger partial charge in [-0.2, -0.15) is 8.42 Å². The number of sulfonamides is 1. The molecule has 0 atom stereocenters. The van der Waals surface area contributed by atoms with E-state index in [1.165, 1.54) is 37.3 Å². The van der Waals surface area contributed by atoms with Crippen LogP contribution >= 0.6 is 11.8 Å². The molecule has 1 amide bonds. The summed E-state index contributed by atoms with van der Waals surface area (Å²) >= 11 is 0.998. The van der Waals surface area contributed by atoms with Crippen molar-refractivity contribution < 1.29 is 22.7 Å². The first-order valence-corrected chi connectivity index (χ1v) is 11.5. The average Bonchev–Trinajstić information content (AvgIpc) is 3.02. The molecule has 0 bridgehead atoms. The SMILES string of the molecule is C=CCN1C(=O)/C(=C/c2ccc(OC)c(OC)c2)S/C1=N/S(=O)(=O)c1ccc(C)cc1. The minimum Gasteiger partial charge on any atom is -0.493 e. The second-order valence-corrected chi connectivity index (χ2v) is 9.20. The molecule has 0 unspecified atom stereocenters. The Kier molecular flexibility index (Phi) is 6.87. The van der Waals surface area contributed by atoms with Gasteiger partial charge in [-0.1, -0.05) is 29.8 Å². The van der Waals surface area contributed by atoms with Crippen molar-refractivity contribution in [2.75, 3.05) is 20.8 Å². The number of amides is 1. The predicted octanol–water partition coefficient (Wildman–Crippen LogP) is 3.86. The summed E-state index contributed by atoms with van der Waals surface area (Å²) in [5.74, 6) is 0.735. The summed E-state index contributed by atoms with van der Waals surface area (Å²) in [6.07, 6.45) is 3.18. The predicted molar refractivity (Wildman–Crippen MR) is 123 cm³/mol. The van der Waals surface area contributed by atoms with Gasteiger partial charge in [0.25, 0.3) is 15.9 Å². The maximum Gasteiger partial charge on any atom is 0.284 e. The van der Waals surface area contributed by atoms with Crippen molar-refractivity contribution in [3.8, 4) is 11.5 Å². The number of nitrogens with zero attached hydrogens (tertiary/aromatic N) is 2. The van der Waals surface area contributed by atoms with Crippen LogP contribution in [0.25, 0.3) is 6.08 Å². The number of ether oxygens (including phenoxy) is 2. The van der Waals surface area contributed by atoms with Crippen LogP contribution in [0.1, 0.15) is 11.1 Å². The lowest BCUT2D eigenvalue weighted by Gasteiger charge is -2.12. The zero-order valence-electron chi connectivity index (χ0n) is 17.4. The van der Waals surface area contributed by atoms with E-state index in [4.69, 9.17) is 9.47 Å². The first-order valence-electron chi connectivity index (χ1n) is 9.25. The molecule has 0 aromatic heterocycles. The molecule has 2 aromatic rings. The lowest BCUT2D eigenvalue weighted by Crippen LogP contribution is -2.29. The highest BCUT2D eigenvalue weighted by atomic mass is 32.2. The highest BCUT2D eigenvalue weighted by Gasteiger charge is 2.34. The Bertz CT molecular complexity index is 1170. The van der Waals surface area contributed by atoms with Gasteiger partial charge in [-0.3, -0.25) is 9.69 Å². The smallest absolute Gasteiger partial charge is 0.284 e. The summed E-state index contributed by atoms with van der Waals surface area (Å²) < 4.78 is 40.0. The molecule has 3 rings (SSSR count). The Morgan fingerprint density at radius 1 is 1.10 bits per heavy atom. The Morgan fingerprint density at radius 2 is 1.77 bits per heavy atom. The molecule has 9 heteroatoms.